The fraction of sp³-hybridized carbons (Fsp3) is 0.350. The molecule has 0 saturated heterocycles. The summed E-state index contributed by atoms with van der Waals surface area (Å²) >= 11 is 0. The van der Waals surface area contributed by atoms with Crippen LogP contribution in [0.25, 0.3) is 0 Å². The molecule has 1 aromatic heterocycles. The normalized spacial score (nSPS) is 19.6. The first-order valence-corrected chi connectivity index (χ1v) is 8.86. The number of halogens is 9. The third-order valence-electron chi connectivity index (χ3n) is 5.19. The Kier molecular flexibility index (Phi) is 5.52. The lowest BCUT2D eigenvalue weighted by Crippen LogP contribution is -2.44. The molecule has 32 heavy (non-hydrogen) atoms. The number of rotatable bonds is 2. The molecule has 2 heterocycles. The van der Waals surface area contributed by atoms with Crippen molar-refractivity contribution in [2.75, 3.05) is 6.54 Å². The number of aryl methyl sites for hydroxylation is 1. The van der Waals surface area contributed by atoms with Crippen molar-refractivity contribution >= 4 is 5.71 Å². The standard InChI is InChI=1S/C20H12F9N3/c1-10-4-11(2-3-12(10)8-30)14-7-17(9-31-14,20(27,28)29)13-5-15(18(21,22)23)32-16(6-13)19(24,25)26/h2-6H,7,9H2,1H3. The van der Waals surface area contributed by atoms with Gasteiger partial charge in [0, 0.05) is 12.1 Å². The van der Waals surface area contributed by atoms with E-state index >= 15 is 0 Å². The van der Waals surface area contributed by atoms with E-state index in [1.807, 2.05) is 6.07 Å². The van der Waals surface area contributed by atoms with Gasteiger partial charge in [0.1, 0.15) is 16.8 Å². The molecule has 1 aliphatic heterocycles. The van der Waals surface area contributed by atoms with Crippen LogP contribution in [0.4, 0.5) is 39.5 Å². The van der Waals surface area contributed by atoms with Gasteiger partial charge in [-0.05, 0) is 47.9 Å². The zero-order chi connectivity index (χ0) is 24.1. The maximum Gasteiger partial charge on any atom is 0.433 e. The molecule has 0 fully saturated rings. The Morgan fingerprint density at radius 3 is 1.91 bits per heavy atom. The number of benzene rings is 1. The highest BCUT2D eigenvalue weighted by molar-refractivity contribution is 6.03. The van der Waals surface area contributed by atoms with Crippen molar-refractivity contribution in [1.29, 1.82) is 5.26 Å². The van der Waals surface area contributed by atoms with Crippen molar-refractivity contribution < 1.29 is 39.5 Å². The molecular formula is C20H12F9N3. The van der Waals surface area contributed by atoms with Crippen LogP contribution in [-0.4, -0.2) is 23.4 Å². The van der Waals surface area contributed by atoms with Gasteiger partial charge in [0.05, 0.1) is 18.2 Å². The van der Waals surface area contributed by atoms with Crippen molar-refractivity contribution in [2.45, 2.75) is 37.3 Å². The first-order valence-electron chi connectivity index (χ1n) is 8.86. The minimum atomic E-state index is -5.39. The van der Waals surface area contributed by atoms with Crippen LogP contribution >= 0.6 is 0 Å². The van der Waals surface area contributed by atoms with E-state index in [0.29, 0.717) is 5.56 Å². The second-order valence-electron chi connectivity index (χ2n) is 7.28. The number of nitriles is 1. The highest BCUT2D eigenvalue weighted by atomic mass is 19.4. The molecule has 2 aromatic rings. The zero-order valence-corrected chi connectivity index (χ0v) is 16.0. The lowest BCUT2D eigenvalue weighted by atomic mass is 9.76. The van der Waals surface area contributed by atoms with Crippen LogP contribution < -0.4 is 0 Å². The molecule has 12 heteroatoms. The number of alkyl halides is 9. The molecule has 3 nitrogen and oxygen atoms in total. The summed E-state index contributed by atoms with van der Waals surface area (Å²) < 4.78 is 121. The van der Waals surface area contributed by atoms with Gasteiger partial charge in [-0.15, -0.1) is 0 Å². The summed E-state index contributed by atoms with van der Waals surface area (Å²) in [6, 6.07) is 5.92. The van der Waals surface area contributed by atoms with E-state index in [9.17, 15) is 39.5 Å². The van der Waals surface area contributed by atoms with Crippen molar-refractivity contribution in [2.24, 2.45) is 4.99 Å². The molecule has 0 radical (unpaired) electrons. The number of pyridine rings is 1. The summed E-state index contributed by atoms with van der Waals surface area (Å²) in [4.78, 5) is 6.30. The Hall–Kier alpha value is -3.10. The van der Waals surface area contributed by atoms with E-state index < -0.39 is 53.9 Å². The fourth-order valence-corrected chi connectivity index (χ4v) is 3.43. The van der Waals surface area contributed by atoms with E-state index in [-0.39, 0.29) is 29.0 Å². The summed E-state index contributed by atoms with van der Waals surface area (Å²) in [5.74, 6) is 0. The summed E-state index contributed by atoms with van der Waals surface area (Å²) in [5.41, 5.74) is -7.74. The molecule has 3 rings (SSSR count). The van der Waals surface area contributed by atoms with Crippen LogP contribution in [-0.2, 0) is 17.8 Å². The summed E-state index contributed by atoms with van der Waals surface area (Å²) in [7, 11) is 0. The largest absolute Gasteiger partial charge is 0.433 e. The lowest BCUT2D eigenvalue weighted by Gasteiger charge is -2.32. The van der Waals surface area contributed by atoms with Crippen LogP contribution in [0.1, 0.15) is 40.1 Å². The van der Waals surface area contributed by atoms with Crippen molar-refractivity contribution in [3.05, 3.63) is 64.0 Å². The molecule has 0 saturated carbocycles. The Bertz CT molecular complexity index is 1090. The van der Waals surface area contributed by atoms with Crippen LogP contribution in [0, 0.1) is 18.3 Å². The number of hydrogen-bond acceptors (Lipinski definition) is 3. The fourth-order valence-electron chi connectivity index (χ4n) is 3.43. The van der Waals surface area contributed by atoms with Gasteiger partial charge in [0.15, 0.2) is 0 Å². The number of nitrogens with zero attached hydrogens (tertiary/aromatic N) is 3. The highest BCUT2D eigenvalue weighted by Crippen LogP contribution is 2.49. The number of aromatic nitrogens is 1. The van der Waals surface area contributed by atoms with Crippen molar-refractivity contribution in [3.63, 3.8) is 0 Å². The number of hydrogen-bond donors (Lipinski definition) is 0. The summed E-state index contributed by atoms with van der Waals surface area (Å²) in [5, 5.41) is 8.98. The molecule has 0 bridgehead atoms. The summed E-state index contributed by atoms with van der Waals surface area (Å²) in [6.45, 7) is 0.437. The van der Waals surface area contributed by atoms with E-state index in [4.69, 9.17) is 5.26 Å². The molecule has 1 atom stereocenters. The van der Waals surface area contributed by atoms with Gasteiger partial charge in [-0.1, -0.05) is 6.07 Å². The SMILES string of the molecule is Cc1cc(C2=NCC(c3cc(C(F)(F)F)nc(C(F)(F)F)c3)(C(F)(F)F)C2)ccc1C#N. The smallest absolute Gasteiger partial charge is 0.288 e. The van der Waals surface area contributed by atoms with Crippen LogP contribution in [0.5, 0.6) is 0 Å². The first-order chi connectivity index (χ1) is 14.6. The highest BCUT2D eigenvalue weighted by Gasteiger charge is 2.59. The quantitative estimate of drug-likeness (QED) is 0.512. The van der Waals surface area contributed by atoms with Gasteiger partial charge in [-0.3, -0.25) is 4.99 Å². The molecule has 1 aromatic carbocycles. The molecule has 170 valence electrons. The number of aliphatic imine (C=N–C) groups is 1. The first kappa shape index (κ1) is 23.6. The van der Waals surface area contributed by atoms with Gasteiger partial charge in [0.25, 0.3) is 0 Å². The third kappa shape index (κ3) is 4.16. The zero-order valence-electron chi connectivity index (χ0n) is 16.0. The molecule has 0 aliphatic carbocycles. The van der Waals surface area contributed by atoms with Crippen molar-refractivity contribution in [1.82, 2.24) is 4.98 Å². The average Bonchev–Trinajstić information content (AvgIpc) is 3.13. The van der Waals surface area contributed by atoms with Gasteiger partial charge in [-0.25, -0.2) is 4.98 Å². The predicted molar refractivity (Wildman–Crippen MR) is 93.9 cm³/mol. The van der Waals surface area contributed by atoms with E-state index in [1.165, 1.54) is 25.1 Å². The molecular weight excluding hydrogens is 453 g/mol. The lowest BCUT2D eigenvalue weighted by molar-refractivity contribution is -0.185. The van der Waals surface area contributed by atoms with Gasteiger partial charge < -0.3 is 0 Å². The molecule has 1 unspecified atom stereocenters. The van der Waals surface area contributed by atoms with Crippen LogP contribution in [0.2, 0.25) is 0 Å². The van der Waals surface area contributed by atoms with Crippen LogP contribution in [0.15, 0.2) is 35.3 Å². The monoisotopic (exact) mass is 465 g/mol. The topological polar surface area (TPSA) is 49.0 Å². The van der Waals surface area contributed by atoms with Crippen molar-refractivity contribution in [3.8, 4) is 6.07 Å². The Morgan fingerprint density at radius 2 is 1.47 bits per heavy atom. The van der Waals surface area contributed by atoms with E-state index in [1.54, 1.807) is 0 Å². The molecule has 1 aliphatic rings. The van der Waals surface area contributed by atoms with Gasteiger partial charge in [0.2, 0.25) is 0 Å². The van der Waals surface area contributed by atoms with E-state index in [0.717, 1.165) is 0 Å². The minimum Gasteiger partial charge on any atom is -0.288 e. The van der Waals surface area contributed by atoms with Gasteiger partial charge in [-0.2, -0.15) is 44.8 Å². The third-order valence-corrected chi connectivity index (χ3v) is 5.19. The van der Waals surface area contributed by atoms with Gasteiger partial charge >= 0.3 is 18.5 Å². The van der Waals surface area contributed by atoms with Crippen LogP contribution in [0.3, 0.4) is 0 Å². The Morgan fingerprint density at radius 1 is 0.906 bits per heavy atom. The molecule has 0 spiro atoms. The molecule has 0 N–H and O–H groups in total. The summed E-state index contributed by atoms with van der Waals surface area (Å²) in [6.07, 6.45) is -17.0. The average molecular weight is 465 g/mol. The predicted octanol–water partition coefficient (Wildman–Crippen LogP) is 5.99. The molecule has 0 amide bonds. The maximum atomic E-state index is 14.1. The maximum absolute atomic E-state index is 14.1. The second-order valence-corrected chi connectivity index (χ2v) is 7.28. The second kappa shape index (κ2) is 7.50. The Labute approximate surface area is 175 Å². The van der Waals surface area contributed by atoms with E-state index in [2.05, 4.69) is 9.98 Å². The Balaban J connectivity index is 2.15. The minimum absolute atomic E-state index is 0.00871.